The van der Waals surface area contributed by atoms with Crippen molar-refractivity contribution in [1.82, 2.24) is 25.5 Å². The highest BCUT2D eigenvalue weighted by atomic mass is 35.5. The summed E-state index contributed by atoms with van der Waals surface area (Å²) in [4.78, 5) is 26.3. The van der Waals surface area contributed by atoms with Gasteiger partial charge < -0.3 is 15.5 Å². The maximum atomic E-state index is 13.1. The van der Waals surface area contributed by atoms with Gasteiger partial charge in [-0.15, -0.1) is 10.2 Å². The smallest absolute Gasteiger partial charge is 0.345 e. The lowest BCUT2D eigenvalue weighted by Gasteiger charge is -2.14. The van der Waals surface area contributed by atoms with Crippen LogP contribution in [0.1, 0.15) is 15.9 Å². The summed E-state index contributed by atoms with van der Waals surface area (Å²) in [5, 5.41) is 18.3. The van der Waals surface area contributed by atoms with Crippen LogP contribution in [0.2, 0.25) is 5.02 Å². The monoisotopic (exact) mass is 529 g/mol. The van der Waals surface area contributed by atoms with Crippen LogP contribution in [0, 0.1) is 0 Å². The van der Waals surface area contributed by atoms with E-state index in [2.05, 4.69) is 31.3 Å². The summed E-state index contributed by atoms with van der Waals surface area (Å²) >= 11 is 5.64. The third-order valence-electron chi connectivity index (χ3n) is 5.26. The third-order valence-corrected chi connectivity index (χ3v) is 5.58. The van der Waals surface area contributed by atoms with Gasteiger partial charge in [-0.1, -0.05) is 29.8 Å². The summed E-state index contributed by atoms with van der Waals surface area (Å²) in [6, 6.07) is 14.3. The maximum Gasteiger partial charge on any atom is 0.417 e. The minimum atomic E-state index is -4.68. The fraction of sp³-hybridized carbons (Fsp3) is 0.125. The van der Waals surface area contributed by atoms with Gasteiger partial charge in [0.05, 0.1) is 16.3 Å². The number of carbonyl (C=O) groups is 2. The summed E-state index contributed by atoms with van der Waals surface area (Å²) < 4.78 is 39.4. The maximum absolute atomic E-state index is 13.1. The molecule has 13 heteroatoms. The third kappa shape index (κ3) is 5.86. The molecule has 190 valence electrons. The first-order valence-electron chi connectivity index (χ1n) is 10.7. The predicted molar refractivity (Wildman–Crippen MR) is 132 cm³/mol. The number of hydrogen-bond donors (Lipinski definition) is 3. The first-order valence-corrected chi connectivity index (χ1v) is 11.1. The van der Waals surface area contributed by atoms with E-state index in [-0.39, 0.29) is 23.1 Å². The van der Waals surface area contributed by atoms with Crippen molar-refractivity contribution in [2.24, 2.45) is 0 Å². The summed E-state index contributed by atoms with van der Waals surface area (Å²) in [5.74, 6) is 0.0510. The van der Waals surface area contributed by atoms with Gasteiger partial charge in [0.2, 0.25) is 5.82 Å². The van der Waals surface area contributed by atoms with Crippen LogP contribution < -0.4 is 10.6 Å². The van der Waals surface area contributed by atoms with E-state index in [0.29, 0.717) is 11.1 Å². The van der Waals surface area contributed by atoms with Crippen LogP contribution in [-0.4, -0.2) is 51.6 Å². The number of hydrogen-bond acceptors (Lipinski definition) is 5. The van der Waals surface area contributed by atoms with E-state index >= 15 is 0 Å². The summed E-state index contributed by atoms with van der Waals surface area (Å²) in [5.41, 5.74) is 1.58. The second-order valence-corrected chi connectivity index (χ2v) is 8.45. The van der Waals surface area contributed by atoms with E-state index in [9.17, 15) is 22.8 Å². The summed E-state index contributed by atoms with van der Waals surface area (Å²) in [7, 11) is 3.33. The quantitative estimate of drug-likeness (QED) is 0.313. The number of nitrogens with zero attached hydrogens (tertiary/aromatic N) is 4. The van der Waals surface area contributed by atoms with Crippen molar-refractivity contribution in [3.8, 4) is 22.5 Å². The Morgan fingerprint density at radius 2 is 1.65 bits per heavy atom. The highest BCUT2D eigenvalue weighted by molar-refractivity contribution is 6.31. The number of halogens is 4. The minimum absolute atomic E-state index is 0.0979. The van der Waals surface area contributed by atoms with Gasteiger partial charge in [0.15, 0.2) is 0 Å². The van der Waals surface area contributed by atoms with E-state index < -0.39 is 22.8 Å². The number of benzene rings is 3. The highest BCUT2D eigenvalue weighted by Gasteiger charge is 2.33. The Hall–Kier alpha value is -4.45. The van der Waals surface area contributed by atoms with E-state index in [0.717, 1.165) is 23.3 Å². The van der Waals surface area contributed by atoms with Crippen LogP contribution in [0.25, 0.3) is 22.5 Å². The standard InChI is InChI=1S/C24H19ClF3N7O2/c1-35(2)22(36)14-5-3-13(4-6-14)15-7-10-20(17(11-15)21-31-33-34-32-21)30-23(37)29-16-8-9-19(25)18(12-16)24(26,27)28/h3-12H,1-2H3,(H2,29,30,37)(H,31,32,33,34). The Morgan fingerprint density at radius 1 is 0.946 bits per heavy atom. The molecule has 1 aromatic heterocycles. The van der Waals surface area contributed by atoms with E-state index in [1.165, 1.54) is 11.0 Å². The van der Waals surface area contributed by atoms with Gasteiger partial charge >= 0.3 is 12.2 Å². The normalized spacial score (nSPS) is 11.2. The highest BCUT2D eigenvalue weighted by Crippen LogP contribution is 2.36. The zero-order chi connectivity index (χ0) is 26.7. The van der Waals surface area contributed by atoms with E-state index in [1.54, 1.807) is 56.6 Å². The number of urea groups is 1. The average molecular weight is 530 g/mol. The first-order chi connectivity index (χ1) is 17.5. The Morgan fingerprint density at radius 3 is 2.27 bits per heavy atom. The summed E-state index contributed by atoms with van der Waals surface area (Å²) in [6.45, 7) is 0. The lowest BCUT2D eigenvalue weighted by atomic mass is 10.00. The lowest BCUT2D eigenvalue weighted by Crippen LogP contribution is -2.21. The molecule has 0 saturated carbocycles. The van der Waals surface area contributed by atoms with Gasteiger partial charge in [0, 0.05) is 30.9 Å². The molecule has 0 radical (unpaired) electrons. The van der Waals surface area contributed by atoms with E-state index in [4.69, 9.17) is 11.6 Å². The first kappa shape index (κ1) is 25.6. The minimum Gasteiger partial charge on any atom is -0.345 e. The molecule has 3 amide bonds. The molecule has 0 unspecified atom stereocenters. The molecule has 0 spiro atoms. The number of aromatic nitrogens is 4. The van der Waals surface area contributed by atoms with E-state index in [1.807, 2.05) is 0 Å². The van der Waals surface area contributed by atoms with Crippen molar-refractivity contribution < 1.29 is 22.8 Å². The molecule has 4 rings (SSSR count). The number of aromatic amines is 1. The fourth-order valence-electron chi connectivity index (χ4n) is 3.46. The molecule has 0 atom stereocenters. The van der Waals surface area contributed by atoms with Gasteiger partial charge in [0.1, 0.15) is 0 Å². The molecule has 0 bridgehead atoms. The van der Waals surface area contributed by atoms with Crippen LogP contribution in [0.4, 0.5) is 29.3 Å². The topological polar surface area (TPSA) is 116 Å². The largest absolute Gasteiger partial charge is 0.417 e. The Kier molecular flexibility index (Phi) is 7.11. The fourth-order valence-corrected chi connectivity index (χ4v) is 3.69. The van der Waals surface area contributed by atoms with Gasteiger partial charge in [-0.25, -0.2) is 4.79 Å². The molecular formula is C24H19ClF3N7O2. The number of H-pyrrole nitrogens is 1. The van der Waals surface area contributed by atoms with Crippen LogP contribution in [0.15, 0.2) is 60.7 Å². The number of amides is 3. The van der Waals surface area contributed by atoms with Crippen molar-refractivity contribution in [2.75, 3.05) is 24.7 Å². The predicted octanol–water partition coefficient (Wildman–Crippen LogP) is 5.55. The Balaban J connectivity index is 1.60. The molecule has 9 nitrogen and oxygen atoms in total. The molecule has 0 fully saturated rings. The lowest BCUT2D eigenvalue weighted by molar-refractivity contribution is -0.137. The Bertz CT molecular complexity index is 1440. The summed E-state index contributed by atoms with van der Waals surface area (Å²) in [6.07, 6.45) is -4.68. The Labute approximate surface area is 213 Å². The number of carbonyl (C=O) groups excluding carboxylic acids is 2. The van der Waals surface area contributed by atoms with Crippen molar-refractivity contribution in [2.45, 2.75) is 6.18 Å². The molecule has 0 saturated heterocycles. The van der Waals surface area contributed by atoms with Gasteiger partial charge in [0.25, 0.3) is 5.91 Å². The zero-order valence-corrected chi connectivity index (χ0v) is 20.1. The molecule has 37 heavy (non-hydrogen) atoms. The molecule has 3 aromatic carbocycles. The number of alkyl halides is 3. The average Bonchev–Trinajstić information content (AvgIpc) is 3.39. The number of anilines is 2. The van der Waals surface area contributed by atoms with Crippen molar-refractivity contribution in [3.63, 3.8) is 0 Å². The van der Waals surface area contributed by atoms with Gasteiger partial charge in [-0.05, 0) is 58.8 Å². The van der Waals surface area contributed by atoms with Crippen LogP contribution >= 0.6 is 11.6 Å². The second-order valence-electron chi connectivity index (χ2n) is 8.04. The number of nitrogens with one attached hydrogen (secondary N) is 3. The molecule has 1 heterocycles. The van der Waals surface area contributed by atoms with Crippen LogP contribution in [0.3, 0.4) is 0 Å². The number of tetrazole rings is 1. The SMILES string of the molecule is CN(C)C(=O)c1ccc(-c2ccc(NC(=O)Nc3ccc(Cl)c(C(F)(F)F)c3)c(-c3nn[nH]n3)c2)cc1. The molecule has 0 aliphatic heterocycles. The second kappa shape index (κ2) is 10.3. The van der Waals surface area contributed by atoms with Crippen LogP contribution in [-0.2, 0) is 6.18 Å². The van der Waals surface area contributed by atoms with Gasteiger partial charge in [-0.3, -0.25) is 4.79 Å². The molecule has 0 aliphatic carbocycles. The molecule has 3 N–H and O–H groups in total. The molecule has 4 aromatic rings. The number of rotatable bonds is 5. The van der Waals surface area contributed by atoms with Crippen molar-refractivity contribution in [3.05, 3.63) is 76.8 Å². The van der Waals surface area contributed by atoms with Crippen molar-refractivity contribution >= 4 is 34.9 Å². The molecule has 0 aliphatic rings. The van der Waals surface area contributed by atoms with Crippen LogP contribution in [0.5, 0.6) is 0 Å². The van der Waals surface area contributed by atoms with Gasteiger partial charge in [-0.2, -0.15) is 18.4 Å². The molecular weight excluding hydrogens is 511 g/mol. The van der Waals surface area contributed by atoms with Crippen molar-refractivity contribution in [1.29, 1.82) is 0 Å². The zero-order valence-electron chi connectivity index (χ0n) is 19.4.